The van der Waals surface area contributed by atoms with E-state index in [2.05, 4.69) is 15.6 Å². The molecule has 10 heteroatoms. The van der Waals surface area contributed by atoms with Crippen LogP contribution in [0.2, 0.25) is 0 Å². The summed E-state index contributed by atoms with van der Waals surface area (Å²) in [6.45, 7) is 4.91. The first-order valence-electron chi connectivity index (χ1n) is 5.00. The fraction of sp³-hybridized carbons (Fsp3) is 0.625. The van der Waals surface area contributed by atoms with Gasteiger partial charge in [-0.25, -0.2) is 0 Å². The van der Waals surface area contributed by atoms with Crippen molar-refractivity contribution in [2.45, 2.75) is 6.92 Å². The van der Waals surface area contributed by atoms with Gasteiger partial charge in [0.05, 0.1) is 13.2 Å². The van der Waals surface area contributed by atoms with Gasteiger partial charge in [0.15, 0.2) is 0 Å². The molecule has 0 aliphatic heterocycles. The van der Waals surface area contributed by atoms with Crippen LogP contribution in [0.1, 0.15) is 6.92 Å². The van der Waals surface area contributed by atoms with Crippen molar-refractivity contribution in [3.8, 4) is 0 Å². The van der Waals surface area contributed by atoms with Crippen LogP contribution in [-0.2, 0) is 23.0 Å². The highest BCUT2D eigenvalue weighted by atomic mass is 31.1. The number of rotatable bonds is 9. The Bertz CT molecular complexity index is 326. The van der Waals surface area contributed by atoms with Crippen molar-refractivity contribution < 1.29 is 32.8 Å². The Morgan fingerprint density at radius 1 is 1.17 bits per heavy atom. The molecule has 2 atom stereocenters. The van der Waals surface area contributed by atoms with E-state index in [0.29, 0.717) is 0 Å². The summed E-state index contributed by atoms with van der Waals surface area (Å²) in [4.78, 5) is 29.8. The van der Waals surface area contributed by atoms with Gasteiger partial charge in [-0.15, -0.1) is 0 Å². The van der Waals surface area contributed by atoms with E-state index < -0.39 is 16.5 Å². The Balaban J connectivity index is 4.24. The maximum Gasteiger partial charge on any atom is 0.316 e. The van der Waals surface area contributed by atoms with Crippen molar-refractivity contribution in [1.29, 1.82) is 0 Å². The maximum atomic E-state index is 11.6. The molecule has 0 rings (SSSR count). The molecule has 18 heavy (non-hydrogen) atoms. The summed E-state index contributed by atoms with van der Waals surface area (Å²) in [5, 5.41) is 0. The summed E-state index contributed by atoms with van der Waals surface area (Å²) in [6, 6.07) is 0. The monoisotopic (exact) mass is 301 g/mol. The molecule has 106 valence electrons. The van der Waals surface area contributed by atoms with Gasteiger partial charge in [0.1, 0.15) is 0 Å². The molecule has 0 saturated heterocycles. The third kappa shape index (κ3) is 8.58. The molecule has 0 aromatic rings. The third-order valence-electron chi connectivity index (χ3n) is 1.83. The van der Waals surface area contributed by atoms with E-state index >= 15 is 0 Å². The van der Waals surface area contributed by atoms with Gasteiger partial charge < -0.3 is 23.7 Å². The van der Waals surface area contributed by atoms with Gasteiger partial charge in [0.25, 0.3) is 0 Å². The average molecular weight is 301 g/mol. The van der Waals surface area contributed by atoms with Crippen molar-refractivity contribution in [1.82, 2.24) is 4.90 Å². The second kappa shape index (κ2) is 9.44. The van der Waals surface area contributed by atoms with E-state index in [4.69, 9.17) is 9.79 Å². The van der Waals surface area contributed by atoms with Gasteiger partial charge in [-0.1, -0.05) is 6.58 Å². The first-order valence-corrected chi connectivity index (χ1v) is 7.53. The second-order valence-electron chi connectivity index (χ2n) is 3.30. The highest BCUT2D eigenvalue weighted by molar-refractivity contribution is 7.32. The zero-order chi connectivity index (χ0) is 14.1. The second-order valence-corrected chi connectivity index (χ2v) is 4.94. The van der Waals surface area contributed by atoms with E-state index in [1.54, 1.807) is 0 Å². The molecule has 0 aliphatic rings. The summed E-state index contributed by atoms with van der Waals surface area (Å²) >= 11 is 0. The Labute approximate surface area is 106 Å². The van der Waals surface area contributed by atoms with E-state index in [9.17, 15) is 13.9 Å². The van der Waals surface area contributed by atoms with E-state index in [1.165, 1.54) is 11.8 Å². The van der Waals surface area contributed by atoms with Crippen molar-refractivity contribution in [3.05, 3.63) is 12.2 Å². The van der Waals surface area contributed by atoms with Crippen molar-refractivity contribution in [3.63, 3.8) is 0 Å². The molecule has 2 N–H and O–H groups in total. The summed E-state index contributed by atoms with van der Waals surface area (Å²) < 4.78 is 29.6. The lowest BCUT2D eigenvalue weighted by Crippen LogP contribution is -2.36. The van der Waals surface area contributed by atoms with Crippen molar-refractivity contribution in [2.75, 3.05) is 26.3 Å². The number of carbonyl (C=O) groups is 1. The van der Waals surface area contributed by atoms with Crippen LogP contribution in [0.15, 0.2) is 12.2 Å². The first-order chi connectivity index (χ1) is 8.34. The zero-order valence-electron chi connectivity index (χ0n) is 9.92. The Morgan fingerprint density at radius 3 is 1.83 bits per heavy atom. The fourth-order valence-electron chi connectivity index (χ4n) is 1.07. The van der Waals surface area contributed by atoms with Crippen molar-refractivity contribution in [2.24, 2.45) is 0 Å². The number of carbonyl (C=O) groups excluding carboxylic acids is 1. The molecule has 2 unspecified atom stereocenters. The predicted molar refractivity (Wildman–Crippen MR) is 65.7 cm³/mol. The molecular formula is C8H17NO7P2. The summed E-state index contributed by atoms with van der Waals surface area (Å²) in [5.41, 5.74) is 0.281. The molecule has 0 aromatic carbocycles. The minimum absolute atomic E-state index is 0.0678. The van der Waals surface area contributed by atoms with Gasteiger partial charge in [-0.3, -0.25) is 13.9 Å². The number of hydrogen-bond donors (Lipinski definition) is 2. The highest BCUT2D eigenvalue weighted by Gasteiger charge is 2.14. The van der Waals surface area contributed by atoms with Crippen LogP contribution in [-0.4, -0.2) is 46.9 Å². The van der Waals surface area contributed by atoms with Crippen LogP contribution >= 0.6 is 16.5 Å². The lowest BCUT2D eigenvalue weighted by Gasteiger charge is -2.22. The van der Waals surface area contributed by atoms with E-state index in [0.717, 1.165) is 0 Å². The predicted octanol–water partition coefficient (Wildman–Crippen LogP) is 0.188. The number of nitrogens with zero attached hydrogens (tertiary/aromatic N) is 1. The standard InChI is InChI=1S/C8H17NO7P2/c1-7(2)8(10)9(3-5-15-17(11)12)4-6-16-18(13)14/h17-18H,1,3-6H2,2H3,(H,11,12)(H,13,14). The Kier molecular flexibility index (Phi) is 9.18. The van der Waals surface area contributed by atoms with Crippen LogP contribution in [0.5, 0.6) is 0 Å². The van der Waals surface area contributed by atoms with Gasteiger partial charge in [0.2, 0.25) is 5.91 Å². The summed E-state index contributed by atoms with van der Waals surface area (Å²) in [6.07, 6.45) is 0. The van der Waals surface area contributed by atoms with E-state index in [1.807, 2.05) is 0 Å². The number of amides is 1. The van der Waals surface area contributed by atoms with Crippen LogP contribution in [0.25, 0.3) is 0 Å². The molecule has 0 bridgehead atoms. The molecular weight excluding hydrogens is 284 g/mol. The summed E-state index contributed by atoms with van der Waals surface area (Å²) in [5.74, 6) is -0.377. The number of hydrogen-bond acceptors (Lipinski definition) is 5. The van der Waals surface area contributed by atoms with Gasteiger partial charge >= 0.3 is 16.5 Å². The smallest absolute Gasteiger partial charge is 0.316 e. The average Bonchev–Trinajstić information content (AvgIpc) is 2.25. The Morgan fingerprint density at radius 2 is 1.56 bits per heavy atom. The molecule has 0 fully saturated rings. The SMILES string of the molecule is C=C(C)C(=O)N(CCO[PH](=O)O)CCO[PH](=O)O. The first kappa shape index (κ1) is 17.5. The molecule has 0 aliphatic carbocycles. The molecule has 8 nitrogen and oxygen atoms in total. The van der Waals surface area contributed by atoms with Crippen LogP contribution < -0.4 is 0 Å². The largest absolute Gasteiger partial charge is 0.334 e. The molecule has 1 amide bonds. The zero-order valence-corrected chi connectivity index (χ0v) is 11.9. The topological polar surface area (TPSA) is 113 Å². The van der Waals surface area contributed by atoms with E-state index in [-0.39, 0.29) is 37.8 Å². The van der Waals surface area contributed by atoms with Crippen LogP contribution in [0, 0.1) is 0 Å². The maximum absolute atomic E-state index is 11.6. The third-order valence-corrected chi connectivity index (χ3v) is 2.73. The van der Waals surface area contributed by atoms with Crippen molar-refractivity contribution >= 4 is 22.4 Å². The van der Waals surface area contributed by atoms with Gasteiger partial charge in [0, 0.05) is 18.7 Å². The minimum atomic E-state index is -3.04. The van der Waals surface area contributed by atoms with Gasteiger partial charge in [-0.05, 0) is 6.92 Å². The lowest BCUT2D eigenvalue weighted by atomic mass is 10.3. The molecule has 0 radical (unpaired) electrons. The fourth-order valence-corrected chi connectivity index (χ4v) is 1.60. The highest BCUT2D eigenvalue weighted by Crippen LogP contribution is 2.15. The minimum Gasteiger partial charge on any atom is -0.334 e. The van der Waals surface area contributed by atoms with Crippen LogP contribution in [0.3, 0.4) is 0 Å². The molecule has 0 saturated carbocycles. The lowest BCUT2D eigenvalue weighted by molar-refractivity contribution is -0.127. The van der Waals surface area contributed by atoms with Crippen LogP contribution in [0.4, 0.5) is 0 Å². The van der Waals surface area contributed by atoms with Gasteiger partial charge in [-0.2, -0.15) is 0 Å². The molecule has 0 heterocycles. The quantitative estimate of drug-likeness (QED) is 0.461. The molecule has 0 aromatic heterocycles. The normalized spacial score (nSPS) is 13.9. The molecule has 0 spiro atoms. The summed E-state index contributed by atoms with van der Waals surface area (Å²) in [7, 11) is -6.07. The Hall–Kier alpha value is -0.490.